The quantitative estimate of drug-likeness (QED) is 0.478. The molecule has 0 fully saturated rings. The van der Waals surface area contributed by atoms with Crippen molar-refractivity contribution in [1.29, 1.82) is 0 Å². The fourth-order valence-electron chi connectivity index (χ4n) is 2.98. The van der Waals surface area contributed by atoms with E-state index in [1.165, 1.54) is 29.2 Å². The van der Waals surface area contributed by atoms with Gasteiger partial charge in [-0.15, -0.1) is 0 Å². The molecule has 1 amide bonds. The number of amides is 1. The Balaban J connectivity index is 1.42. The standard InChI is InChI=1S/C22H17F3N4O2/c1-14-5-7-16(8-6-14)20-10-19(28-31-20)21(30)27-18-11-26-29(13-18)12-15-3-2-4-17(9-15)22(23,24)25/h2-11,13H,12H2,1H3,(H,27,30). The maximum Gasteiger partial charge on any atom is 0.416 e. The number of aryl methyl sites for hydroxylation is 1. The zero-order valence-corrected chi connectivity index (χ0v) is 16.3. The summed E-state index contributed by atoms with van der Waals surface area (Å²) >= 11 is 0. The van der Waals surface area contributed by atoms with Crippen LogP contribution < -0.4 is 5.32 Å². The summed E-state index contributed by atoms with van der Waals surface area (Å²) in [7, 11) is 0. The summed E-state index contributed by atoms with van der Waals surface area (Å²) in [5, 5.41) is 10.5. The summed E-state index contributed by atoms with van der Waals surface area (Å²) in [6.07, 6.45) is -1.47. The molecule has 0 radical (unpaired) electrons. The topological polar surface area (TPSA) is 73.0 Å². The normalized spacial score (nSPS) is 11.5. The number of hydrogen-bond donors (Lipinski definition) is 1. The summed E-state index contributed by atoms with van der Waals surface area (Å²) in [5.41, 5.74) is 2.10. The van der Waals surface area contributed by atoms with Crippen molar-refractivity contribution >= 4 is 11.6 Å². The van der Waals surface area contributed by atoms with Crippen molar-refractivity contribution in [3.63, 3.8) is 0 Å². The van der Waals surface area contributed by atoms with Gasteiger partial charge in [-0.25, -0.2) is 0 Å². The van der Waals surface area contributed by atoms with Crippen LogP contribution in [-0.4, -0.2) is 20.8 Å². The number of aromatic nitrogens is 3. The molecule has 2 aromatic carbocycles. The van der Waals surface area contributed by atoms with Crippen molar-refractivity contribution in [3.05, 3.63) is 89.4 Å². The van der Waals surface area contributed by atoms with E-state index < -0.39 is 17.6 Å². The van der Waals surface area contributed by atoms with Crippen LogP contribution in [0, 0.1) is 6.92 Å². The first kappa shape index (κ1) is 20.4. The predicted molar refractivity (Wildman–Crippen MR) is 107 cm³/mol. The number of hydrogen-bond acceptors (Lipinski definition) is 4. The Morgan fingerprint density at radius 1 is 1.13 bits per heavy atom. The van der Waals surface area contributed by atoms with Gasteiger partial charge in [-0.3, -0.25) is 9.48 Å². The number of carbonyl (C=O) groups excluding carboxylic acids is 1. The maximum atomic E-state index is 12.9. The fraction of sp³-hybridized carbons (Fsp3) is 0.136. The molecule has 4 aromatic rings. The number of anilines is 1. The number of nitrogens with one attached hydrogen (secondary N) is 1. The van der Waals surface area contributed by atoms with Crippen LogP contribution in [0.2, 0.25) is 0 Å². The van der Waals surface area contributed by atoms with Gasteiger partial charge in [-0.1, -0.05) is 47.1 Å². The van der Waals surface area contributed by atoms with Crippen molar-refractivity contribution in [2.75, 3.05) is 5.32 Å². The number of rotatable bonds is 5. The lowest BCUT2D eigenvalue weighted by Gasteiger charge is -2.08. The first-order valence-electron chi connectivity index (χ1n) is 9.31. The summed E-state index contributed by atoms with van der Waals surface area (Å²) in [4.78, 5) is 12.4. The number of halogens is 3. The van der Waals surface area contributed by atoms with Crippen LogP contribution in [0.4, 0.5) is 18.9 Å². The lowest BCUT2D eigenvalue weighted by Crippen LogP contribution is -2.11. The fourth-order valence-corrected chi connectivity index (χ4v) is 2.98. The Morgan fingerprint density at radius 2 is 1.90 bits per heavy atom. The molecule has 4 rings (SSSR count). The second-order valence-electron chi connectivity index (χ2n) is 7.02. The summed E-state index contributed by atoms with van der Waals surface area (Å²) in [5.74, 6) is -0.0221. The molecule has 0 saturated carbocycles. The minimum atomic E-state index is -4.41. The smallest absolute Gasteiger partial charge is 0.355 e. The average molecular weight is 426 g/mol. The van der Waals surface area contributed by atoms with Gasteiger partial charge in [0.15, 0.2) is 11.5 Å². The van der Waals surface area contributed by atoms with Gasteiger partial charge >= 0.3 is 6.18 Å². The second-order valence-corrected chi connectivity index (χ2v) is 7.02. The van der Waals surface area contributed by atoms with E-state index in [1.54, 1.807) is 6.07 Å². The molecule has 2 aromatic heterocycles. The van der Waals surface area contributed by atoms with Gasteiger partial charge < -0.3 is 9.84 Å². The first-order valence-corrected chi connectivity index (χ1v) is 9.31. The largest absolute Gasteiger partial charge is 0.416 e. The number of nitrogens with zero attached hydrogens (tertiary/aromatic N) is 3. The molecule has 2 heterocycles. The van der Waals surface area contributed by atoms with Gasteiger partial charge in [0.05, 0.1) is 24.0 Å². The van der Waals surface area contributed by atoms with Crippen LogP contribution in [0.5, 0.6) is 0 Å². The van der Waals surface area contributed by atoms with E-state index >= 15 is 0 Å². The zero-order valence-electron chi connectivity index (χ0n) is 16.3. The molecule has 0 unspecified atom stereocenters. The van der Waals surface area contributed by atoms with Crippen LogP contribution >= 0.6 is 0 Å². The molecule has 0 saturated heterocycles. The zero-order chi connectivity index (χ0) is 22.0. The number of carbonyl (C=O) groups is 1. The molecule has 0 aliphatic heterocycles. The minimum Gasteiger partial charge on any atom is -0.355 e. The lowest BCUT2D eigenvalue weighted by atomic mass is 10.1. The lowest BCUT2D eigenvalue weighted by molar-refractivity contribution is -0.137. The molecule has 0 aliphatic carbocycles. The number of alkyl halides is 3. The number of benzene rings is 2. The predicted octanol–water partition coefficient (Wildman–Crippen LogP) is 5.17. The van der Waals surface area contributed by atoms with Crippen molar-refractivity contribution in [2.24, 2.45) is 0 Å². The molecule has 0 spiro atoms. The van der Waals surface area contributed by atoms with Crippen LogP contribution in [0.15, 0.2) is 71.5 Å². The summed E-state index contributed by atoms with van der Waals surface area (Å²) < 4.78 is 45.3. The highest BCUT2D eigenvalue weighted by molar-refractivity contribution is 6.03. The Hall–Kier alpha value is -3.88. The van der Waals surface area contributed by atoms with E-state index in [2.05, 4.69) is 15.6 Å². The Labute approximate surface area is 175 Å². The summed E-state index contributed by atoms with van der Waals surface area (Å²) in [6.45, 7) is 2.09. The van der Waals surface area contributed by atoms with Gasteiger partial charge in [-0.2, -0.15) is 18.3 Å². The van der Waals surface area contributed by atoms with Gasteiger partial charge in [0.2, 0.25) is 0 Å². The molecule has 1 N–H and O–H groups in total. The van der Waals surface area contributed by atoms with E-state index in [-0.39, 0.29) is 12.2 Å². The molecule has 6 nitrogen and oxygen atoms in total. The van der Waals surface area contributed by atoms with Crippen LogP contribution in [-0.2, 0) is 12.7 Å². The molecule has 0 atom stereocenters. The van der Waals surface area contributed by atoms with Crippen LogP contribution in [0.25, 0.3) is 11.3 Å². The molecule has 158 valence electrons. The first-order chi connectivity index (χ1) is 14.8. The third-order valence-electron chi connectivity index (χ3n) is 4.57. The van der Waals surface area contributed by atoms with Crippen molar-refractivity contribution in [1.82, 2.24) is 14.9 Å². The molecular weight excluding hydrogens is 409 g/mol. The monoisotopic (exact) mass is 426 g/mol. The van der Waals surface area contributed by atoms with Gasteiger partial charge in [0.1, 0.15) is 0 Å². The highest BCUT2D eigenvalue weighted by atomic mass is 19.4. The SMILES string of the molecule is Cc1ccc(-c2cc(C(=O)Nc3cnn(Cc4cccc(C(F)(F)F)c4)c3)no2)cc1. The van der Waals surface area contributed by atoms with Crippen molar-refractivity contribution in [3.8, 4) is 11.3 Å². The average Bonchev–Trinajstić information content (AvgIpc) is 3.38. The molecule has 0 aliphatic rings. The van der Waals surface area contributed by atoms with E-state index in [0.29, 0.717) is 17.0 Å². The third kappa shape index (κ3) is 4.82. The highest BCUT2D eigenvalue weighted by Gasteiger charge is 2.30. The van der Waals surface area contributed by atoms with E-state index in [4.69, 9.17) is 4.52 Å². The Morgan fingerprint density at radius 3 is 2.65 bits per heavy atom. The third-order valence-corrected chi connectivity index (χ3v) is 4.57. The molecule has 9 heteroatoms. The van der Waals surface area contributed by atoms with Gasteiger partial charge in [0, 0.05) is 17.8 Å². The highest BCUT2D eigenvalue weighted by Crippen LogP contribution is 2.29. The van der Waals surface area contributed by atoms with Crippen molar-refractivity contribution in [2.45, 2.75) is 19.6 Å². The Bertz CT molecular complexity index is 1210. The molecule has 31 heavy (non-hydrogen) atoms. The molecular formula is C22H17F3N4O2. The van der Waals surface area contributed by atoms with E-state index in [1.807, 2.05) is 31.2 Å². The Kier molecular flexibility index (Phi) is 5.33. The van der Waals surface area contributed by atoms with E-state index in [9.17, 15) is 18.0 Å². The summed E-state index contributed by atoms with van der Waals surface area (Å²) in [6, 6.07) is 14.1. The van der Waals surface area contributed by atoms with Crippen LogP contribution in [0.1, 0.15) is 27.2 Å². The van der Waals surface area contributed by atoms with Gasteiger partial charge in [0.25, 0.3) is 5.91 Å². The maximum absolute atomic E-state index is 12.9. The molecule has 0 bridgehead atoms. The van der Waals surface area contributed by atoms with Gasteiger partial charge in [-0.05, 0) is 24.6 Å². The van der Waals surface area contributed by atoms with Crippen LogP contribution in [0.3, 0.4) is 0 Å². The van der Waals surface area contributed by atoms with Crippen molar-refractivity contribution < 1.29 is 22.5 Å². The minimum absolute atomic E-state index is 0.0983. The second kappa shape index (κ2) is 8.10. The van der Waals surface area contributed by atoms with E-state index in [0.717, 1.165) is 23.3 Å².